The summed E-state index contributed by atoms with van der Waals surface area (Å²) >= 11 is 0. The molecule has 2 heterocycles. The van der Waals surface area contributed by atoms with Crippen LogP contribution in [-0.2, 0) is 11.3 Å². The Kier molecular flexibility index (Phi) is 6.70. The summed E-state index contributed by atoms with van der Waals surface area (Å²) < 4.78 is 5.61. The fraction of sp³-hybridized carbons (Fsp3) is 0.650. The number of urea groups is 1. The molecular weight excluding hydrogens is 314 g/mol. The summed E-state index contributed by atoms with van der Waals surface area (Å²) in [6.07, 6.45) is 4.79. The van der Waals surface area contributed by atoms with E-state index >= 15 is 0 Å². The molecule has 0 saturated carbocycles. The number of nitrogens with zero attached hydrogens (tertiary/aromatic N) is 2. The number of carbonyl (C=O) groups is 1. The molecule has 3 rings (SSSR count). The van der Waals surface area contributed by atoms with E-state index in [1.807, 2.05) is 7.05 Å². The Labute approximate surface area is 151 Å². The molecule has 1 N–H and O–H groups in total. The average molecular weight is 345 g/mol. The molecular formula is C20H31N3O2. The van der Waals surface area contributed by atoms with Crippen LogP contribution in [-0.4, -0.2) is 61.8 Å². The topological polar surface area (TPSA) is 44.8 Å². The molecule has 0 radical (unpaired) electrons. The Morgan fingerprint density at radius 3 is 2.88 bits per heavy atom. The molecule has 5 nitrogen and oxygen atoms in total. The lowest BCUT2D eigenvalue weighted by atomic mass is 9.97. The Bertz CT molecular complexity index is 531. The first-order valence-corrected chi connectivity index (χ1v) is 9.57. The van der Waals surface area contributed by atoms with Crippen LogP contribution < -0.4 is 5.32 Å². The monoisotopic (exact) mass is 345 g/mol. The zero-order valence-corrected chi connectivity index (χ0v) is 15.3. The summed E-state index contributed by atoms with van der Waals surface area (Å²) in [6, 6.07) is 10.7. The highest BCUT2D eigenvalue weighted by Crippen LogP contribution is 2.18. The molecule has 5 heteroatoms. The molecule has 2 unspecified atom stereocenters. The van der Waals surface area contributed by atoms with Gasteiger partial charge in [-0.2, -0.15) is 0 Å². The zero-order chi connectivity index (χ0) is 17.5. The van der Waals surface area contributed by atoms with Crippen molar-refractivity contribution in [3.05, 3.63) is 35.9 Å². The van der Waals surface area contributed by atoms with Crippen molar-refractivity contribution in [2.24, 2.45) is 5.92 Å². The second-order valence-electron chi connectivity index (χ2n) is 7.43. The minimum Gasteiger partial charge on any atom is -0.376 e. The van der Waals surface area contributed by atoms with Crippen molar-refractivity contribution in [3.8, 4) is 0 Å². The third kappa shape index (κ3) is 5.72. The fourth-order valence-electron chi connectivity index (χ4n) is 3.85. The number of nitrogens with one attached hydrogen (secondary N) is 1. The summed E-state index contributed by atoms with van der Waals surface area (Å²) in [5, 5.41) is 3.12. The maximum Gasteiger partial charge on any atom is 0.317 e. The molecule has 2 fully saturated rings. The smallest absolute Gasteiger partial charge is 0.317 e. The van der Waals surface area contributed by atoms with Gasteiger partial charge in [-0.25, -0.2) is 4.79 Å². The Balaban J connectivity index is 1.39. The molecule has 0 bridgehead atoms. The van der Waals surface area contributed by atoms with Gasteiger partial charge in [0.2, 0.25) is 0 Å². The molecule has 25 heavy (non-hydrogen) atoms. The quantitative estimate of drug-likeness (QED) is 0.862. The van der Waals surface area contributed by atoms with Crippen LogP contribution in [0.2, 0.25) is 0 Å². The molecule has 0 aromatic heterocycles. The minimum atomic E-state index is 0.0238. The van der Waals surface area contributed by atoms with Gasteiger partial charge in [-0.05, 0) is 43.7 Å². The predicted octanol–water partition coefficient (Wildman–Crippen LogP) is 2.72. The van der Waals surface area contributed by atoms with E-state index in [0.29, 0.717) is 12.5 Å². The fourth-order valence-corrected chi connectivity index (χ4v) is 3.85. The molecule has 0 aliphatic carbocycles. The number of piperidine rings is 1. The minimum absolute atomic E-state index is 0.0238. The molecule has 1 aromatic carbocycles. The van der Waals surface area contributed by atoms with E-state index in [0.717, 1.165) is 45.6 Å². The van der Waals surface area contributed by atoms with Crippen molar-refractivity contribution in [2.75, 3.05) is 39.8 Å². The van der Waals surface area contributed by atoms with E-state index in [1.165, 1.54) is 18.4 Å². The lowest BCUT2D eigenvalue weighted by Gasteiger charge is -2.33. The van der Waals surface area contributed by atoms with Crippen molar-refractivity contribution in [1.29, 1.82) is 0 Å². The number of benzene rings is 1. The van der Waals surface area contributed by atoms with E-state index < -0.39 is 0 Å². The van der Waals surface area contributed by atoms with Gasteiger partial charge >= 0.3 is 6.03 Å². The SMILES string of the molecule is CN(CC1CCCO1)C(=O)NCC1CCCN(Cc2ccccc2)C1. The molecule has 0 spiro atoms. The normalized spacial score (nSPS) is 24.2. The van der Waals surface area contributed by atoms with Gasteiger partial charge < -0.3 is 15.0 Å². The van der Waals surface area contributed by atoms with Crippen LogP contribution in [0.25, 0.3) is 0 Å². The molecule has 2 aliphatic heterocycles. The van der Waals surface area contributed by atoms with Crippen LogP contribution in [0.4, 0.5) is 4.79 Å². The van der Waals surface area contributed by atoms with Crippen molar-refractivity contribution in [2.45, 2.75) is 38.3 Å². The van der Waals surface area contributed by atoms with E-state index in [9.17, 15) is 4.79 Å². The maximum atomic E-state index is 12.3. The van der Waals surface area contributed by atoms with Crippen LogP contribution >= 0.6 is 0 Å². The number of likely N-dealkylation sites (N-methyl/N-ethyl adjacent to an activating group) is 1. The van der Waals surface area contributed by atoms with Gasteiger partial charge in [-0.15, -0.1) is 0 Å². The van der Waals surface area contributed by atoms with Gasteiger partial charge in [0.1, 0.15) is 0 Å². The molecule has 2 amide bonds. The van der Waals surface area contributed by atoms with E-state index in [1.54, 1.807) is 4.90 Å². The highest BCUT2D eigenvalue weighted by molar-refractivity contribution is 5.73. The molecule has 138 valence electrons. The Morgan fingerprint density at radius 2 is 2.12 bits per heavy atom. The number of carbonyl (C=O) groups excluding carboxylic acids is 1. The summed E-state index contributed by atoms with van der Waals surface area (Å²) in [4.78, 5) is 16.6. The number of hydrogen-bond donors (Lipinski definition) is 1. The van der Waals surface area contributed by atoms with Gasteiger partial charge in [-0.3, -0.25) is 4.90 Å². The summed E-state index contributed by atoms with van der Waals surface area (Å²) in [6.45, 7) is 5.50. The van der Waals surface area contributed by atoms with Gasteiger partial charge in [0, 0.05) is 39.8 Å². The number of ether oxygens (including phenoxy) is 1. The largest absolute Gasteiger partial charge is 0.376 e. The van der Waals surface area contributed by atoms with Gasteiger partial charge in [0.05, 0.1) is 6.10 Å². The van der Waals surface area contributed by atoms with Crippen molar-refractivity contribution >= 4 is 6.03 Å². The molecule has 1 aromatic rings. The summed E-state index contributed by atoms with van der Waals surface area (Å²) in [5.74, 6) is 0.539. The Morgan fingerprint density at radius 1 is 1.28 bits per heavy atom. The summed E-state index contributed by atoms with van der Waals surface area (Å²) in [5.41, 5.74) is 1.36. The highest BCUT2D eigenvalue weighted by atomic mass is 16.5. The summed E-state index contributed by atoms with van der Waals surface area (Å²) in [7, 11) is 1.86. The molecule has 2 aliphatic rings. The van der Waals surface area contributed by atoms with Gasteiger partial charge in [0.25, 0.3) is 0 Å². The van der Waals surface area contributed by atoms with Crippen LogP contribution in [0, 0.1) is 5.92 Å². The van der Waals surface area contributed by atoms with Gasteiger partial charge in [0.15, 0.2) is 0 Å². The predicted molar refractivity (Wildman–Crippen MR) is 99.4 cm³/mol. The number of likely N-dealkylation sites (tertiary alicyclic amines) is 1. The van der Waals surface area contributed by atoms with Gasteiger partial charge in [-0.1, -0.05) is 30.3 Å². The third-order valence-corrected chi connectivity index (χ3v) is 5.24. The third-order valence-electron chi connectivity index (χ3n) is 5.24. The van der Waals surface area contributed by atoms with Crippen molar-refractivity contribution < 1.29 is 9.53 Å². The van der Waals surface area contributed by atoms with Crippen molar-refractivity contribution in [1.82, 2.24) is 15.1 Å². The molecule has 2 saturated heterocycles. The number of hydrogen-bond acceptors (Lipinski definition) is 3. The maximum absolute atomic E-state index is 12.3. The van der Waals surface area contributed by atoms with Crippen LogP contribution in [0.15, 0.2) is 30.3 Å². The number of amides is 2. The van der Waals surface area contributed by atoms with Crippen LogP contribution in [0.3, 0.4) is 0 Å². The highest BCUT2D eigenvalue weighted by Gasteiger charge is 2.23. The van der Waals surface area contributed by atoms with Crippen LogP contribution in [0.5, 0.6) is 0 Å². The molecule has 2 atom stereocenters. The second kappa shape index (κ2) is 9.20. The number of rotatable bonds is 6. The zero-order valence-electron chi connectivity index (χ0n) is 15.3. The van der Waals surface area contributed by atoms with E-state index in [4.69, 9.17) is 4.74 Å². The van der Waals surface area contributed by atoms with E-state index in [2.05, 4.69) is 40.5 Å². The average Bonchev–Trinajstić information content (AvgIpc) is 3.14. The lowest BCUT2D eigenvalue weighted by Crippen LogP contribution is -2.45. The first kappa shape index (κ1) is 18.2. The first-order chi connectivity index (χ1) is 12.2. The lowest BCUT2D eigenvalue weighted by molar-refractivity contribution is 0.0868. The van der Waals surface area contributed by atoms with Crippen LogP contribution in [0.1, 0.15) is 31.2 Å². The van der Waals surface area contributed by atoms with E-state index in [-0.39, 0.29) is 12.1 Å². The second-order valence-corrected chi connectivity index (χ2v) is 7.43. The Hall–Kier alpha value is -1.59. The standard InChI is InChI=1S/C20H31N3O2/c1-22(16-19-10-6-12-25-19)20(24)21-13-18-9-5-11-23(15-18)14-17-7-3-2-4-8-17/h2-4,7-8,18-19H,5-6,9-16H2,1H3,(H,21,24). The van der Waals surface area contributed by atoms with Crippen molar-refractivity contribution in [3.63, 3.8) is 0 Å². The first-order valence-electron chi connectivity index (χ1n) is 9.57.